The fourth-order valence-electron chi connectivity index (χ4n) is 4.60. The monoisotopic (exact) mass is 410 g/mol. The van der Waals surface area contributed by atoms with Gasteiger partial charge in [-0.3, -0.25) is 0 Å². The summed E-state index contributed by atoms with van der Waals surface area (Å²) in [6, 6.07) is 24.3. The smallest absolute Gasteiger partial charge is 0.337 e. The summed E-state index contributed by atoms with van der Waals surface area (Å²) in [5.41, 5.74) is 5.19. The topological polar surface area (TPSA) is 54.3 Å². The second-order valence-corrected chi connectivity index (χ2v) is 8.78. The number of anilines is 2. The summed E-state index contributed by atoms with van der Waals surface area (Å²) in [6.07, 6.45) is 3.21. The summed E-state index contributed by atoms with van der Waals surface area (Å²) in [6.45, 7) is 4.47. The first-order valence-corrected chi connectivity index (χ1v) is 10.8. The van der Waals surface area contributed by atoms with Crippen molar-refractivity contribution in [3.8, 4) is 5.69 Å². The van der Waals surface area contributed by atoms with Gasteiger partial charge in [-0.25, -0.2) is 4.79 Å². The van der Waals surface area contributed by atoms with Crippen LogP contribution in [-0.4, -0.2) is 15.6 Å². The molecule has 4 heteroatoms. The van der Waals surface area contributed by atoms with Crippen molar-refractivity contribution in [3.05, 3.63) is 90.1 Å². The molecular weight excluding hydrogens is 384 g/mol. The molecule has 0 spiro atoms. The SMILES string of the molecule is CC(C)C1CC1c1ccc(Nc2ccc3c(ccn3-c3ccccc3)c2)c(C(=O)O)c1. The number of nitrogens with one attached hydrogen (secondary N) is 1. The van der Waals surface area contributed by atoms with Crippen LogP contribution in [0, 0.1) is 11.8 Å². The van der Waals surface area contributed by atoms with Gasteiger partial charge in [0.05, 0.1) is 16.8 Å². The molecule has 156 valence electrons. The van der Waals surface area contributed by atoms with Gasteiger partial charge in [0.15, 0.2) is 0 Å². The largest absolute Gasteiger partial charge is 0.478 e. The molecule has 3 aromatic carbocycles. The molecule has 1 aliphatic carbocycles. The third kappa shape index (κ3) is 3.70. The number of hydrogen-bond acceptors (Lipinski definition) is 2. The second-order valence-electron chi connectivity index (χ2n) is 8.78. The van der Waals surface area contributed by atoms with Crippen molar-refractivity contribution in [2.75, 3.05) is 5.32 Å². The number of benzene rings is 3. The molecule has 0 amide bonds. The van der Waals surface area contributed by atoms with Crippen LogP contribution in [0.1, 0.15) is 42.1 Å². The van der Waals surface area contributed by atoms with Crippen LogP contribution < -0.4 is 5.32 Å². The maximum atomic E-state index is 12.0. The van der Waals surface area contributed by atoms with Crippen LogP contribution in [0.25, 0.3) is 16.6 Å². The molecule has 5 rings (SSSR count). The lowest BCUT2D eigenvalue weighted by Crippen LogP contribution is -2.04. The predicted octanol–water partition coefficient (Wildman–Crippen LogP) is 6.83. The summed E-state index contributed by atoms with van der Waals surface area (Å²) in [5, 5.41) is 14.2. The Kier molecular flexibility index (Phi) is 4.78. The first kappa shape index (κ1) is 19.4. The van der Waals surface area contributed by atoms with Gasteiger partial charge >= 0.3 is 5.97 Å². The van der Waals surface area contributed by atoms with Gasteiger partial charge in [0, 0.05) is 23.0 Å². The van der Waals surface area contributed by atoms with Crippen LogP contribution >= 0.6 is 0 Å². The number of hydrogen-bond donors (Lipinski definition) is 2. The molecule has 2 unspecified atom stereocenters. The lowest BCUT2D eigenvalue weighted by molar-refractivity contribution is 0.0698. The van der Waals surface area contributed by atoms with E-state index in [0.717, 1.165) is 34.3 Å². The Balaban J connectivity index is 1.43. The van der Waals surface area contributed by atoms with Crippen LogP contribution in [0.5, 0.6) is 0 Å². The van der Waals surface area contributed by atoms with Gasteiger partial charge in [0.2, 0.25) is 0 Å². The number of para-hydroxylation sites is 1. The standard InChI is InChI=1S/C27H26N2O2/c1-17(2)22-16-23(22)18-8-10-25(24(15-18)27(30)31)28-20-9-11-26-19(14-20)12-13-29(26)21-6-4-3-5-7-21/h3-15,17,22-23,28H,16H2,1-2H3,(H,30,31). The van der Waals surface area contributed by atoms with E-state index in [-0.39, 0.29) is 0 Å². The summed E-state index contributed by atoms with van der Waals surface area (Å²) in [5.74, 6) is 0.881. The molecule has 4 nitrogen and oxygen atoms in total. The van der Waals surface area contributed by atoms with Crippen molar-refractivity contribution in [2.45, 2.75) is 26.2 Å². The molecule has 31 heavy (non-hydrogen) atoms. The van der Waals surface area contributed by atoms with Crippen molar-refractivity contribution in [2.24, 2.45) is 11.8 Å². The first-order valence-electron chi connectivity index (χ1n) is 10.8. The van der Waals surface area contributed by atoms with E-state index in [0.29, 0.717) is 29.0 Å². The highest BCUT2D eigenvalue weighted by Gasteiger charge is 2.40. The quantitative estimate of drug-likeness (QED) is 0.366. The number of nitrogens with zero attached hydrogens (tertiary/aromatic N) is 1. The summed E-state index contributed by atoms with van der Waals surface area (Å²) >= 11 is 0. The van der Waals surface area contributed by atoms with Crippen molar-refractivity contribution in [1.29, 1.82) is 0 Å². The van der Waals surface area contributed by atoms with E-state index in [1.165, 1.54) is 0 Å². The molecule has 0 saturated heterocycles. The molecule has 0 aliphatic heterocycles. The zero-order valence-corrected chi connectivity index (χ0v) is 17.7. The number of carbonyl (C=O) groups is 1. The number of aromatic carboxylic acids is 1. The minimum absolute atomic E-state index is 0.328. The summed E-state index contributed by atoms with van der Waals surface area (Å²) < 4.78 is 2.15. The van der Waals surface area contributed by atoms with Crippen molar-refractivity contribution in [1.82, 2.24) is 4.57 Å². The maximum absolute atomic E-state index is 12.0. The molecule has 1 aromatic heterocycles. The van der Waals surface area contributed by atoms with Crippen LogP contribution in [0.3, 0.4) is 0 Å². The van der Waals surface area contributed by atoms with Gasteiger partial charge in [-0.15, -0.1) is 0 Å². The van der Waals surface area contributed by atoms with E-state index < -0.39 is 5.97 Å². The van der Waals surface area contributed by atoms with Gasteiger partial charge in [-0.2, -0.15) is 0 Å². The fraction of sp³-hybridized carbons (Fsp3) is 0.222. The first-order chi connectivity index (χ1) is 15.0. The third-order valence-electron chi connectivity index (χ3n) is 6.40. The highest BCUT2D eigenvalue weighted by molar-refractivity contribution is 5.96. The summed E-state index contributed by atoms with van der Waals surface area (Å²) in [7, 11) is 0. The van der Waals surface area contributed by atoms with E-state index in [4.69, 9.17) is 0 Å². The number of rotatable bonds is 6. The Morgan fingerprint density at radius 1 is 1.03 bits per heavy atom. The molecule has 1 saturated carbocycles. The Morgan fingerprint density at radius 3 is 2.55 bits per heavy atom. The average molecular weight is 411 g/mol. The van der Waals surface area contributed by atoms with Gasteiger partial charge < -0.3 is 15.0 Å². The fourth-order valence-corrected chi connectivity index (χ4v) is 4.60. The van der Waals surface area contributed by atoms with Gasteiger partial charge in [-0.1, -0.05) is 38.1 Å². The van der Waals surface area contributed by atoms with Crippen molar-refractivity contribution >= 4 is 28.2 Å². The van der Waals surface area contributed by atoms with E-state index in [9.17, 15) is 9.90 Å². The minimum Gasteiger partial charge on any atom is -0.478 e. The molecular formula is C27H26N2O2. The Labute approximate surface area is 182 Å². The van der Waals surface area contributed by atoms with E-state index in [2.05, 4.69) is 66.3 Å². The molecule has 2 atom stereocenters. The molecule has 4 aromatic rings. The zero-order valence-electron chi connectivity index (χ0n) is 17.7. The molecule has 0 radical (unpaired) electrons. The van der Waals surface area contributed by atoms with Crippen molar-refractivity contribution in [3.63, 3.8) is 0 Å². The maximum Gasteiger partial charge on any atom is 0.337 e. The minimum atomic E-state index is -0.901. The van der Waals surface area contributed by atoms with E-state index >= 15 is 0 Å². The summed E-state index contributed by atoms with van der Waals surface area (Å²) in [4.78, 5) is 12.0. The Morgan fingerprint density at radius 2 is 1.84 bits per heavy atom. The molecule has 1 heterocycles. The van der Waals surface area contributed by atoms with Gasteiger partial charge in [-0.05, 0) is 78.3 Å². The van der Waals surface area contributed by atoms with Crippen LogP contribution in [0.15, 0.2) is 79.0 Å². The lowest BCUT2D eigenvalue weighted by atomic mass is 10.00. The van der Waals surface area contributed by atoms with Crippen molar-refractivity contribution < 1.29 is 9.90 Å². The number of carboxylic acids is 1. The Hall–Kier alpha value is -3.53. The highest BCUT2D eigenvalue weighted by atomic mass is 16.4. The zero-order chi connectivity index (χ0) is 21.5. The molecule has 0 bridgehead atoms. The molecule has 2 N–H and O–H groups in total. The number of carboxylic acid groups (broad SMARTS) is 1. The van der Waals surface area contributed by atoms with Crippen LogP contribution in [-0.2, 0) is 0 Å². The molecule has 1 aliphatic rings. The second kappa shape index (κ2) is 7.62. The van der Waals surface area contributed by atoms with E-state index in [1.807, 2.05) is 36.4 Å². The Bertz CT molecular complexity index is 1260. The number of aromatic nitrogens is 1. The highest BCUT2D eigenvalue weighted by Crippen LogP contribution is 2.52. The van der Waals surface area contributed by atoms with Crippen LogP contribution in [0.2, 0.25) is 0 Å². The van der Waals surface area contributed by atoms with Gasteiger partial charge in [0.1, 0.15) is 0 Å². The third-order valence-corrected chi connectivity index (χ3v) is 6.40. The normalized spacial score (nSPS) is 17.8. The average Bonchev–Trinajstić information content (AvgIpc) is 3.47. The number of fused-ring (bicyclic) bond motifs is 1. The van der Waals surface area contributed by atoms with Crippen LogP contribution in [0.4, 0.5) is 11.4 Å². The lowest BCUT2D eigenvalue weighted by Gasteiger charge is -2.13. The molecule has 1 fully saturated rings. The van der Waals surface area contributed by atoms with Gasteiger partial charge in [0.25, 0.3) is 0 Å². The predicted molar refractivity (Wildman–Crippen MR) is 126 cm³/mol. The van der Waals surface area contributed by atoms with E-state index in [1.54, 1.807) is 0 Å².